The summed E-state index contributed by atoms with van der Waals surface area (Å²) in [4.78, 5) is 23.3. The summed E-state index contributed by atoms with van der Waals surface area (Å²) >= 11 is 0. The van der Waals surface area contributed by atoms with Gasteiger partial charge >= 0.3 is 12.1 Å². The second-order valence-electron chi connectivity index (χ2n) is 6.07. The molecule has 2 aromatic heterocycles. The van der Waals surface area contributed by atoms with Gasteiger partial charge in [-0.3, -0.25) is 9.78 Å². The van der Waals surface area contributed by atoms with E-state index < -0.39 is 11.9 Å². The summed E-state index contributed by atoms with van der Waals surface area (Å²) in [6, 6.07) is 3.82. The number of methoxy groups -OCH3 is 1. The zero-order chi connectivity index (χ0) is 18.7. The van der Waals surface area contributed by atoms with Crippen molar-refractivity contribution in [3.8, 4) is 11.4 Å². The molecular formula is C17H17F3N4O2. The Balaban J connectivity index is 1.86. The van der Waals surface area contributed by atoms with Gasteiger partial charge in [0.2, 0.25) is 0 Å². The van der Waals surface area contributed by atoms with Crippen molar-refractivity contribution in [1.82, 2.24) is 15.0 Å². The van der Waals surface area contributed by atoms with Gasteiger partial charge in [-0.15, -0.1) is 0 Å². The predicted molar refractivity (Wildman–Crippen MR) is 87.0 cm³/mol. The minimum atomic E-state index is -4.59. The number of ether oxygens (including phenoxy) is 1. The van der Waals surface area contributed by atoms with Crippen LogP contribution in [0.15, 0.2) is 30.6 Å². The van der Waals surface area contributed by atoms with E-state index in [0.29, 0.717) is 24.8 Å². The third-order valence-corrected chi connectivity index (χ3v) is 4.27. The minimum absolute atomic E-state index is 0.0350. The van der Waals surface area contributed by atoms with Crippen LogP contribution in [-0.2, 0) is 15.7 Å². The van der Waals surface area contributed by atoms with E-state index in [2.05, 4.69) is 20.3 Å². The normalized spacial score (nSPS) is 20.0. The Bertz CT molecular complexity index is 783. The largest absolute Gasteiger partial charge is 0.469 e. The van der Waals surface area contributed by atoms with Crippen LogP contribution in [0.25, 0.3) is 11.4 Å². The first-order chi connectivity index (χ1) is 12.4. The Morgan fingerprint density at radius 3 is 2.62 bits per heavy atom. The Labute approximate surface area is 147 Å². The van der Waals surface area contributed by atoms with Gasteiger partial charge in [0.05, 0.1) is 13.0 Å². The van der Waals surface area contributed by atoms with E-state index in [0.717, 1.165) is 6.07 Å². The quantitative estimate of drug-likeness (QED) is 0.837. The summed E-state index contributed by atoms with van der Waals surface area (Å²) in [6.07, 6.45) is 0.0937. The van der Waals surface area contributed by atoms with Crippen LogP contribution in [0.4, 0.5) is 19.0 Å². The molecule has 9 heteroatoms. The van der Waals surface area contributed by atoms with Crippen molar-refractivity contribution in [2.24, 2.45) is 5.92 Å². The summed E-state index contributed by atoms with van der Waals surface area (Å²) in [5.41, 5.74) is -0.586. The highest BCUT2D eigenvalue weighted by Gasteiger charge is 2.35. The van der Waals surface area contributed by atoms with E-state index in [4.69, 9.17) is 4.74 Å². The first-order valence-electron chi connectivity index (χ1n) is 8.08. The summed E-state index contributed by atoms with van der Waals surface area (Å²) < 4.78 is 44.3. The first kappa shape index (κ1) is 18.1. The minimum Gasteiger partial charge on any atom is -0.469 e. The number of hydrogen-bond donors (Lipinski definition) is 1. The molecule has 0 saturated heterocycles. The van der Waals surface area contributed by atoms with Crippen molar-refractivity contribution in [3.63, 3.8) is 0 Å². The van der Waals surface area contributed by atoms with Crippen molar-refractivity contribution in [2.75, 3.05) is 12.4 Å². The zero-order valence-corrected chi connectivity index (χ0v) is 14.0. The summed E-state index contributed by atoms with van der Waals surface area (Å²) in [7, 11) is 1.32. The molecule has 1 N–H and O–H groups in total. The molecule has 0 radical (unpaired) electrons. The molecule has 6 nitrogen and oxygen atoms in total. The lowest BCUT2D eigenvalue weighted by molar-refractivity contribution is -0.145. The number of carbonyl (C=O) groups is 1. The van der Waals surface area contributed by atoms with E-state index in [-0.39, 0.29) is 29.6 Å². The predicted octanol–water partition coefficient (Wildman–Crippen LogP) is 3.31. The van der Waals surface area contributed by atoms with E-state index in [1.54, 1.807) is 12.1 Å². The number of alkyl halides is 3. The fourth-order valence-corrected chi connectivity index (χ4v) is 3.00. The number of pyridine rings is 1. The average Bonchev–Trinajstić information content (AvgIpc) is 3.09. The molecule has 3 rings (SSSR count). The van der Waals surface area contributed by atoms with Crippen LogP contribution in [0.3, 0.4) is 0 Å². The van der Waals surface area contributed by atoms with E-state index in [1.165, 1.54) is 19.5 Å². The number of esters is 1. The van der Waals surface area contributed by atoms with Crippen LogP contribution in [0.1, 0.15) is 25.0 Å². The second-order valence-corrected chi connectivity index (χ2v) is 6.07. The van der Waals surface area contributed by atoms with E-state index in [9.17, 15) is 18.0 Å². The van der Waals surface area contributed by atoms with Gasteiger partial charge in [0, 0.05) is 30.1 Å². The molecule has 2 heterocycles. The monoisotopic (exact) mass is 366 g/mol. The summed E-state index contributed by atoms with van der Waals surface area (Å²) in [5.74, 6) is -0.506. The second kappa shape index (κ2) is 7.27. The topological polar surface area (TPSA) is 77.0 Å². The molecule has 1 aliphatic carbocycles. The summed E-state index contributed by atoms with van der Waals surface area (Å²) in [5, 5.41) is 3.00. The molecule has 0 aromatic carbocycles. The maximum atomic E-state index is 13.2. The third-order valence-electron chi connectivity index (χ3n) is 4.27. The fourth-order valence-electron chi connectivity index (χ4n) is 3.00. The van der Waals surface area contributed by atoms with Gasteiger partial charge in [-0.25, -0.2) is 9.97 Å². The molecule has 138 valence electrons. The Morgan fingerprint density at radius 1 is 1.23 bits per heavy atom. The van der Waals surface area contributed by atoms with Crippen molar-refractivity contribution < 1.29 is 22.7 Å². The average molecular weight is 366 g/mol. The van der Waals surface area contributed by atoms with Gasteiger partial charge in [-0.05, 0) is 31.4 Å². The molecule has 0 amide bonds. The number of rotatable bonds is 4. The number of anilines is 1. The molecule has 26 heavy (non-hydrogen) atoms. The molecule has 1 saturated carbocycles. The number of carbonyl (C=O) groups excluding carboxylic acids is 1. The number of aromatic nitrogens is 3. The number of nitrogens with one attached hydrogen (secondary N) is 1. The molecule has 0 aliphatic heterocycles. The molecule has 0 bridgehead atoms. The molecular weight excluding hydrogens is 349 g/mol. The van der Waals surface area contributed by atoms with Gasteiger partial charge in [-0.1, -0.05) is 0 Å². The van der Waals surface area contributed by atoms with Gasteiger partial charge in [0.25, 0.3) is 0 Å². The fraction of sp³-hybridized carbons (Fsp3) is 0.412. The van der Waals surface area contributed by atoms with Crippen LogP contribution in [0.2, 0.25) is 0 Å². The number of nitrogens with zero attached hydrogens (tertiary/aromatic N) is 3. The van der Waals surface area contributed by atoms with Gasteiger partial charge in [0.1, 0.15) is 5.82 Å². The van der Waals surface area contributed by atoms with Gasteiger partial charge in [-0.2, -0.15) is 13.2 Å². The number of hydrogen-bond acceptors (Lipinski definition) is 6. The van der Waals surface area contributed by atoms with Gasteiger partial charge in [0.15, 0.2) is 11.5 Å². The van der Waals surface area contributed by atoms with Crippen LogP contribution < -0.4 is 5.32 Å². The van der Waals surface area contributed by atoms with Gasteiger partial charge < -0.3 is 10.1 Å². The highest BCUT2D eigenvalue weighted by atomic mass is 19.4. The smallest absolute Gasteiger partial charge is 0.433 e. The van der Waals surface area contributed by atoms with Crippen LogP contribution in [0.5, 0.6) is 0 Å². The summed E-state index contributed by atoms with van der Waals surface area (Å²) in [6.45, 7) is 0. The first-order valence-corrected chi connectivity index (χ1v) is 8.08. The Kier molecular flexibility index (Phi) is 5.06. The van der Waals surface area contributed by atoms with Crippen LogP contribution in [0, 0.1) is 5.92 Å². The lowest BCUT2D eigenvalue weighted by Crippen LogP contribution is -2.20. The van der Waals surface area contributed by atoms with E-state index >= 15 is 0 Å². The van der Waals surface area contributed by atoms with Crippen LogP contribution >= 0.6 is 0 Å². The highest BCUT2D eigenvalue weighted by molar-refractivity contribution is 5.72. The number of halogens is 3. The molecule has 1 fully saturated rings. The molecule has 0 spiro atoms. The van der Waals surface area contributed by atoms with Crippen molar-refractivity contribution in [3.05, 3.63) is 36.3 Å². The van der Waals surface area contributed by atoms with Crippen molar-refractivity contribution >= 4 is 11.8 Å². The maximum Gasteiger partial charge on any atom is 0.433 e. The highest BCUT2D eigenvalue weighted by Crippen LogP contribution is 2.33. The lowest BCUT2D eigenvalue weighted by atomic mass is 10.1. The molecule has 0 unspecified atom stereocenters. The van der Waals surface area contributed by atoms with Crippen LogP contribution in [-0.4, -0.2) is 34.1 Å². The van der Waals surface area contributed by atoms with Crippen molar-refractivity contribution in [1.29, 1.82) is 0 Å². The maximum absolute atomic E-state index is 13.2. The molecule has 1 aliphatic rings. The Morgan fingerprint density at radius 2 is 1.96 bits per heavy atom. The zero-order valence-electron chi connectivity index (χ0n) is 14.0. The standard InChI is InChI=1S/C17H17F3N4O2/c1-26-16(25)11-2-3-12(8-11)22-14-9-13(17(18,19)20)23-15(24-14)10-4-6-21-7-5-10/h4-7,9,11-12H,2-3,8H2,1H3,(H,22,23,24)/t11-,12+/m0/s1. The molecule has 2 atom stereocenters. The van der Waals surface area contributed by atoms with Crippen molar-refractivity contribution in [2.45, 2.75) is 31.5 Å². The Hall–Kier alpha value is -2.71. The lowest BCUT2D eigenvalue weighted by Gasteiger charge is -2.16. The molecule has 2 aromatic rings. The third kappa shape index (κ3) is 4.09. The van der Waals surface area contributed by atoms with E-state index in [1.807, 2.05) is 0 Å². The SMILES string of the molecule is COC(=O)[C@H]1CC[C@@H](Nc2cc(C(F)(F)F)nc(-c3ccncc3)n2)C1.